The van der Waals surface area contributed by atoms with E-state index in [2.05, 4.69) is 15.5 Å². The van der Waals surface area contributed by atoms with E-state index in [1.807, 2.05) is 13.8 Å². The van der Waals surface area contributed by atoms with Gasteiger partial charge in [-0.2, -0.15) is 9.40 Å². The summed E-state index contributed by atoms with van der Waals surface area (Å²) in [5.41, 5.74) is 1.56. The van der Waals surface area contributed by atoms with Crippen LogP contribution in [0.15, 0.2) is 47.4 Å². The SMILES string of the molecule is CC1(C)CN(S(=O)(=O)c2cc(F)cc(F)c2)Cc2c1n[nH]c2CC(=O)c1ccccc1NC(=O)C1CCOCC1. The largest absolute Gasteiger partial charge is 0.381 e. The lowest BCUT2D eigenvalue weighted by molar-refractivity contribution is -0.122. The first kappa shape index (κ1) is 28.1. The number of para-hydroxylation sites is 1. The van der Waals surface area contributed by atoms with E-state index >= 15 is 0 Å². The molecule has 2 aliphatic heterocycles. The van der Waals surface area contributed by atoms with Crippen LogP contribution < -0.4 is 5.32 Å². The molecule has 1 saturated heterocycles. The van der Waals surface area contributed by atoms with Crippen LogP contribution in [-0.4, -0.2) is 54.4 Å². The normalized spacial score (nSPS) is 17.8. The van der Waals surface area contributed by atoms with Crippen molar-refractivity contribution < 1.29 is 31.5 Å². The average Bonchev–Trinajstić information content (AvgIpc) is 3.32. The minimum Gasteiger partial charge on any atom is -0.381 e. The minimum absolute atomic E-state index is 0.0276. The Labute approximate surface area is 231 Å². The van der Waals surface area contributed by atoms with Crippen molar-refractivity contribution in [2.24, 2.45) is 5.92 Å². The van der Waals surface area contributed by atoms with Gasteiger partial charge in [0.05, 0.1) is 22.7 Å². The number of anilines is 1. The van der Waals surface area contributed by atoms with E-state index in [0.29, 0.717) is 60.3 Å². The van der Waals surface area contributed by atoms with E-state index in [-0.39, 0.29) is 37.1 Å². The van der Waals surface area contributed by atoms with Gasteiger partial charge in [-0.15, -0.1) is 0 Å². The van der Waals surface area contributed by atoms with Crippen molar-refractivity contribution in [3.63, 3.8) is 0 Å². The van der Waals surface area contributed by atoms with Crippen LogP contribution >= 0.6 is 0 Å². The van der Waals surface area contributed by atoms with Crippen LogP contribution in [0, 0.1) is 17.6 Å². The van der Waals surface area contributed by atoms with Crippen LogP contribution in [0.5, 0.6) is 0 Å². The summed E-state index contributed by atoms with van der Waals surface area (Å²) in [6.07, 6.45) is 1.10. The number of carbonyl (C=O) groups is 2. The molecule has 9 nitrogen and oxygen atoms in total. The molecule has 212 valence electrons. The topological polar surface area (TPSA) is 121 Å². The van der Waals surface area contributed by atoms with Gasteiger partial charge in [-0.3, -0.25) is 14.7 Å². The van der Waals surface area contributed by atoms with Crippen molar-refractivity contribution in [2.45, 2.75) is 50.0 Å². The fourth-order valence-corrected chi connectivity index (χ4v) is 6.92. The zero-order valence-corrected chi connectivity index (χ0v) is 23.0. The Morgan fingerprint density at radius 3 is 2.50 bits per heavy atom. The van der Waals surface area contributed by atoms with Gasteiger partial charge < -0.3 is 10.1 Å². The smallest absolute Gasteiger partial charge is 0.243 e. The van der Waals surface area contributed by atoms with Gasteiger partial charge in [0.25, 0.3) is 0 Å². The number of nitrogens with zero attached hydrogens (tertiary/aromatic N) is 2. The Kier molecular flexibility index (Phi) is 7.60. The average molecular weight is 573 g/mol. The summed E-state index contributed by atoms with van der Waals surface area (Å²) in [5.74, 6) is -2.64. The third-order valence-electron chi connectivity index (χ3n) is 7.39. The number of ketones is 1. The van der Waals surface area contributed by atoms with Gasteiger partial charge in [0.15, 0.2) is 5.78 Å². The number of halogens is 2. The molecule has 0 spiro atoms. The standard InChI is InChI=1S/C28H30F2N4O5S/c1-28(2)16-34(40(37,38)20-12-18(29)11-19(30)13-20)15-22-24(32-33-26(22)28)14-25(35)21-5-3-4-6-23(21)31-27(36)17-7-9-39-10-8-17/h3-6,11-13,17H,7-10,14-16H2,1-2H3,(H,31,36)(H,32,33). The number of aromatic nitrogens is 2. The number of H-pyrrole nitrogens is 1. The molecule has 0 aliphatic carbocycles. The second-order valence-corrected chi connectivity index (χ2v) is 12.8. The molecule has 1 aromatic heterocycles. The summed E-state index contributed by atoms with van der Waals surface area (Å²) in [7, 11) is -4.26. The van der Waals surface area contributed by atoms with Crippen molar-refractivity contribution in [3.05, 3.63) is 76.6 Å². The van der Waals surface area contributed by atoms with E-state index < -0.39 is 32.0 Å². The fourth-order valence-electron chi connectivity index (χ4n) is 5.31. The van der Waals surface area contributed by atoms with Gasteiger partial charge in [0, 0.05) is 60.5 Å². The highest BCUT2D eigenvalue weighted by Crippen LogP contribution is 2.37. The maximum Gasteiger partial charge on any atom is 0.243 e. The molecule has 5 rings (SSSR count). The second kappa shape index (κ2) is 10.8. The summed E-state index contributed by atoms with van der Waals surface area (Å²) >= 11 is 0. The van der Waals surface area contributed by atoms with Crippen LogP contribution in [0.25, 0.3) is 0 Å². The summed E-state index contributed by atoms with van der Waals surface area (Å²) in [6.45, 7) is 4.56. The van der Waals surface area contributed by atoms with Gasteiger partial charge in [-0.05, 0) is 37.1 Å². The predicted molar refractivity (Wildman–Crippen MR) is 142 cm³/mol. The number of Topliss-reactive ketones (excluding diaryl/α,β-unsaturated/α-hetero) is 1. The lowest BCUT2D eigenvalue weighted by Crippen LogP contribution is -2.45. The van der Waals surface area contributed by atoms with E-state index in [4.69, 9.17) is 4.74 Å². The molecule has 3 aromatic rings. The zero-order valence-electron chi connectivity index (χ0n) is 22.2. The lowest BCUT2D eigenvalue weighted by Gasteiger charge is -2.36. The quantitative estimate of drug-likeness (QED) is 0.414. The highest BCUT2D eigenvalue weighted by Gasteiger charge is 2.41. The van der Waals surface area contributed by atoms with Crippen LogP contribution in [0.4, 0.5) is 14.5 Å². The third-order valence-corrected chi connectivity index (χ3v) is 9.16. The molecule has 0 atom stereocenters. The van der Waals surface area contributed by atoms with E-state index in [1.165, 1.54) is 0 Å². The Morgan fingerprint density at radius 1 is 1.12 bits per heavy atom. The lowest BCUT2D eigenvalue weighted by atomic mass is 9.83. The number of sulfonamides is 1. The van der Waals surface area contributed by atoms with Gasteiger partial charge in [-0.25, -0.2) is 17.2 Å². The first-order chi connectivity index (χ1) is 19.0. The summed E-state index contributed by atoms with van der Waals surface area (Å²) in [4.78, 5) is 25.8. The summed E-state index contributed by atoms with van der Waals surface area (Å²) in [6, 6.07) is 8.91. The van der Waals surface area contributed by atoms with Crippen LogP contribution in [-0.2, 0) is 37.9 Å². The number of ether oxygens (including phenoxy) is 1. The van der Waals surface area contributed by atoms with Crippen LogP contribution in [0.2, 0.25) is 0 Å². The van der Waals surface area contributed by atoms with Gasteiger partial charge >= 0.3 is 0 Å². The predicted octanol–water partition coefficient (Wildman–Crippen LogP) is 3.96. The number of carbonyl (C=O) groups excluding carboxylic acids is 2. The molecule has 12 heteroatoms. The summed E-state index contributed by atoms with van der Waals surface area (Å²) in [5, 5.41) is 10.2. The Balaban J connectivity index is 1.40. The molecule has 1 amide bonds. The molecule has 40 heavy (non-hydrogen) atoms. The number of fused-ring (bicyclic) bond motifs is 1. The van der Waals surface area contributed by atoms with Crippen LogP contribution in [0.3, 0.4) is 0 Å². The van der Waals surface area contributed by atoms with E-state index in [1.54, 1.807) is 24.3 Å². The number of amides is 1. The monoisotopic (exact) mass is 572 g/mol. The van der Waals surface area contributed by atoms with Crippen molar-refractivity contribution in [3.8, 4) is 0 Å². The number of rotatable bonds is 7. The third kappa shape index (κ3) is 5.56. The fraction of sp³-hybridized carbons (Fsp3) is 0.393. The molecule has 0 saturated carbocycles. The molecule has 1 fully saturated rings. The number of aromatic amines is 1. The minimum atomic E-state index is -4.26. The Morgan fingerprint density at radius 2 is 1.80 bits per heavy atom. The number of benzene rings is 2. The van der Waals surface area contributed by atoms with E-state index in [0.717, 1.165) is 16.4 Å². The first-order valence-corrected chi connectivity index (χ1v) is 14.4. The maximum absolute atomic E-state index is 13.8. The molecule has 2 N–H and O–H groups in total. The van der Waals surface area contributed by atoms with Crippen molar-refractivity contribution >= 4 is 27.4 Å². The first-order valence-electron chi connectivity index (χ1n) is 13.0. The van der Waals surface area contributed by atoms with E-state index in [9.17, 15) is 26.8 Å². The number of hydrogen-bond donors (Lipinski definition) is 2. The highest BCUT2D eigenvalue weighted by atomic mass is 32.2. The maximum atomic E-state index is 13.8. The van der Waals surface area contributed by atoms with Crippen molar-refractivity contribution in [1.82, 2.24) is 14.5 Å². The Hall–Kier alpha value is -3.48. The molecule has 2 aliphatic rings. The van der Waals surface area contributed by atoms with Crippen molar-refractivity contribution in [2.75, 3.05) is 25.1 Å². The number of nitrogens with one attached hydrogen (secondary N) is 2. The molecule has 0 radical (unpaired) electrons. The number of hydrogen-bond acceptors (Lipinski definition) is 6. The zero-order chi connectivity index (χ0) is 28.7. The van der Waals surface area contributed by atoms with Gasteiger partial charge in [-0.1, -0.05) is 26.0 Å². The van der Waals surface area contributed by atoms with Gasteiger partial charge in [0.2, 0.25) is 15.9 Å². The molecule has 0 unspecified atom stereocenters. The molecular formula is C28H30F2N4O5S. The van der Waals surface area contributed by atoms with Gasteiger partial charge in [0.1, 0.15) is 11.6 Å². The molecular weight excluding hydrogens is 542 g/mol. The van der Waals surface area contributed by atoms with Crippen LogP contribution in [0.1, 0.15) is 54.0 Å². The second-order valence-electron chi connectivity index (χ2n) is 10.8. The Bertz CT molecular complexity index is 1540. The highest BCUT2D eigenvalue weighted by molar-refractivity contribution is 7.89. The molecule has 3 heterocycles. The van der Waals surface area contributed by atoms with Crippen molar-refractivity contribution in [1.29, 1.82) is 0 Å². The molecule has 2 aromatic carbocycles. The molecule has 0 bridgehead atoms. The summed E-state index contributed by atoms with van der Waals surface area (Å²) < 4.78 is 60.9.